The Balaban J connectivity index is 2.50. The van der Waals surface area contributed by atoms with Gasteiger partial charge in [0.15, 0.2) is 11.5 Å². The van der Waals surface area contributed by atoms with E-state index in [0.29, 0.717) is 12.8 Å². The van der Waals surface area contributed by atoms with Gasteiger partial charge in [0, 0.05) is 12.1 Å². The highest BCUT2D eigenvalue weighted by Gasteiger charge is 2.49. The van der Waals surface area contributed by atoms with Crippen LogP contribution in [0.1, 0.15) is 44.8 Å². The van der Waals surface area contributed by atoms with Crippen molar-refractivity contribution in [2.24, 2.45) is 0 Å². The Hall–Kier alpha value is -2.72. The second-order valence-corrected chi connectivity index (χ2v) is 6.86. The summed E-state index contributed by atoms with van der Waals surface area (Å²) in [6.45, 7) is 3.44. The molecule has 1 aromatic rings. The van der Waals surface area contributed by atoms with E-state index in [1.807, 2.05) is 0 Å². The molecule has 1 heterocycles. The van der Waals surface area contributed by atoms with E-state index >= 15 is 0 Å². The number of carbonyl (C=O) groups is 1. The van der Waals surface area contributed by atoms with Crippen LogP contribution in [-0.4, -0.2) is 48.4 Å². The largest absolute Gasteiger partial charge is 0.493 e. The molecule has 0 radical (unpaired) electrons. The lowest BCUT2D eigenvalue weighted by Gasteiger charge is -2.39. The summed E-state index contributed by atoms with van der Waals surface area (Å²) < 4.78 is 56.1. The summed E-state index contributed by atoms with van der Waals surface area (Å²) in [6.07, 6.45) is -6.98. The number of nitro groups is 1. The molecule has 162 valence electrons. The molecule has 0 aromatic heterocycles. The first-order valence-electron chi connectivity index (χ1n) is 8.97. The minimum atomic E-state index is -5.08. The van der Waals surface area contributed by atoms with Gasteiger partial charge < -0.3 is 19.1 Å². The maximum Gasteiger partial charge on any atom is 0.430 e. The summed E-state index contributed by atoms with van der Waals surface area (Å²) in [5.41, 5.74) is -1.73. The predicted octanol–water partition coefficient (Wildman–Crippen LogP) is 4.61. The third-order valence-electron chi connectivity index (χ3n) is 4.93. The smallest absolute Gasteiger partial charge is 0.430 e. The van der Waals surface area contributed by atoms with Crippen LogP contribution in [0.15, 0.2) is 12.1 Å². The second kappa shape index (κ2) is 8.75. The molecule has 11 heteroatoms. The van der Waals surface area contributed by atoms with Crippen molar-refractivity contribution in [3.05, 3.63) is 27.8 Å². The second-order valence-electron chi connectivity index (χ2n) is 6.86. The van der Waals surface area contributed by atoms with Crippen LogP contribution in [0.2, 0.25) is 0 Å². The van der Waals surface area contributed by atoms with E-state index in [9.17, 15) is 28.1 Å². The van der Waals surface area contributed by atoms with E-state index in [0.717, 1.165) is 18.6 Å². The number of ether oxygens (including phenoxy) is 3. The number of alkyl halides is 3. The zero-order chi connectivity index (χ0) is 21.9. The number of halogens is 3. The molecule has 0 N–H and O–H groups in total. The Labute approximate surface area is 165 Å². The minimum absolute atomic E-state index is 0.117. The number of rotatable bonds is 5. The Morgan fingerprint density at radius 2 is 1.69 bits per heavy atom. The molecule has 3 unspecified atom stereocenters. The number of nitro benzene ring substituents is 1. The van der Waals surface area contributed by atoms with Crippen LogP contribution in [0.25, 0.3) is 0 Å². The summed E-state index contributed by atoms with van der Waals surface area (Å²) in [6, 6.07) is 1.01. The average Bonchev–Trinajstić information content (AvgIpc) is 2.63. The van der Waals surface area contributed by atoms with E-state index < -0.39 is 34.5 Å². The van der Waals surface area contributed by atoms with Crippen LogP contribution in [0, 0.1) is 10.1 Å². The Bertz CT molecular complexity index is 761. The number of hydrogen-bond acceptors (Lipinski definition) is 6. The number of piperidine rings is 1. The zero-order valence-electron chi connectivity index (χ0n) is 16.5. The third kappa shape index (κ3) is 4.83. The molecule has 1 amide bonds. The van der Waals surface area contributed by atoms with Gasteiger partial charge in [0.2, 0.25) is 6.10 Å². The molecule has 0 bridgehead atoms. The van der Waals surface area contributed by atoms with Crippen molar-refractivity contribution in [1.82, 2.24) is 4.90 Å². The number of amides is 1. The summed E-state index contributed by atoms with van der Waals surface area (Å²) in [7, 11) is 2.38. The van der Waals surface area contributed by atoms with Gasteiger partial charge in [-0.25, -0.2) is 4.79 Å². The summed E-state index contributed by atoms with van der Waals surface area (Å²) in [5, 5.41) is 11.4. The predicted molar refractivity (Wildman–Crippen MR) is 96.1 cm³/mol. The van der Waals surface area contributed by atoms with Gasteiger partial charge in [-0.15, -0.1) is 0 Å². The van der Waals surface area contributed by atoms with Crippen molar-refractivity contribution >= 4 is 11.8 Å². The average molecular weight is 420 g/mol. The Morgan fingerprint density at radius 1 is 1.17 bits per heavy atom. The topological polar surface area (TPSA) is 91.1 Å². The lowest BCUT2D eigenvalue weighted by molar-refractivity contribution is -0.387. The molecule has 1 fully saturated rings. The van der Waals surface area contributed by atoms with Crippen LogP contribution < -0.4 is 9.47 Å². The molecule has 29 heavy (non-hydrogen) atoms. The molecule has 8 nitrogen and oxygen atoms in total. The fourth-order valence-electron chi connectivity index (χ4n) is 3.50. The van der Waals surface area contributed by atoms with Crippen LogP contribution in [-0.2, 0) is 4.74 Å². The van der Waals surface area contributed by atoms with Crippen molar-refractivity contribution in [3.63, 3.8) is 0 Å². The van der Waals surface area contributed by atoms with Gasteiger partial charge in [0.1, 0.15) is 0 Å². The van der Waals surface area contributed by atoms with Crippen molar-refractivity contribution in [2.75, 3.05) is 14.2 Å². The molecular formula is C18H23F3N2O6. The summed E-state index contributed by atoms with van der Waals surface area (Å²) in [4.78, 5) is 24.2. The van der Waals surface area contributed by atoms with Gasteiger partial charge in [0.25, 0.3) is 5.69 Å². The number of methoxy groups -OCH3 is 2. The van der Waals surface area contributed by atoms with Gasteiger partial charge in [-0.1, -0.05) is 0 Å². The van der Waals surface area contributed by atoms with E-state index in [1.165, 1.54) is 19.1 Å². The monoisotopic (exact) mass is 420 g/mol. The normalized spacial score (nSPS) is 20.7. The molecule has 0 saturated carbocycles. The first-order valence-corrected chi connectivity index (χ1v) is 8.97. The molecule has 1 saturated heterocycles. The van der Waals surface area contributed by atoms with Crippen molar-refractivity contribution in [2.45, 2.75) is 57.5 Å². The van der Waals surface area contributed by atoms with Gasteiger partial charge in [-0.05, 0) is 39.2 Å². The molecule has 1 aliphatic heterocycles. The minimum Gasteiger partial charge on any atom is -0.493 e. The molecular weight excluding hydrogens is 397 g/mol. The highest BCUT2D eigenvalue weighted by atomic mass is 19.4. The summed E-state index contributed by atoms with van der Waals surface area (Å²) >= 11 is 0. The van der Waals surface area contributed by atoms with Crippen molar-refractivity contribution in [3.8, 4) is 11.5 Å². The summed E-state index contributed by atoms with van der Waals surface area (Å²) in [5.74, 6) is -0.272. The van der Waals surface area contributed by atoms with E-state index in [4.69, 9.17) is 14.2 Å². The standard InChI is InChI=1S/C18H23F3N2O6/c1-10-6-5-7-11(2)22(10)17(24)29-16(18(19,20)21)12-8-14(27-3)15(28-4)9-13(12)23(25)26/h8-11,16H,5-7H2,1-4H3. The maximum atomic E-state index is 13.8. The Morgan fingerprint density at radius 3 is 2.14 bits per heavy atom. The van der Waals surface area contributed by atoms with Crippen molar-refractivity contribution in [1.29, 1.82) is 0 Å². The molecule has 1 aromatic carbocycles. The molecule has 0 aliphatic carbocycles. The van der Waals surface area contributed by atoms with Crippen LogP contribution >= 0.6 is 0 Å². The highest BCUT2D eigenvalue weighted by Crippen LogP contribution is 2.45. The molecule has 0 spiro atoms. The molecule has 1 aliphatic rings. The van der Waals surface area contributed by atoms with Crippen LogP contribution in [0.4, 0.5) is 23.7 Å². The van der Waals surface area contributed by atoms with Gasteiger partial charge >= 0.3 is 12.3 Å². The number of nitrogens with zero attached hydrogens (tertiary/aromatic N) is 2. The lowest BCUT2D eigenvalue weighted by atomic mass is 9.98. The highest BCUT2D eigenvalue weighted by molar-refractivity contribution is 5.69. The van der Waals surface area contributed by atoms with Crippen LogP contribution in [0.5, 0.6) is 11.5 Å². The SMILES string of the molecule is COc1cc(C(OC(=O)N2C(C)CCCC2C)C(F)(F)F)c([N+](=O)[O-])cc1OC. The first-order chi connectivity index (χ1) is 13.5. The lowest BCUT2D eigenvalue weighted by Crippen LogP contribution is -2.48. The number of carbonyl (C=O) groups excluding carboxylic acids is 1. The fraction of sp³-hybridized carbons (Fsp3) is 0.611. The Kier molecular flexibility index (Phi) is 6.81. The van der Waals surface area contributed by atoms with E-state index in [2.05, 4.69) is 0 Å². The van der Waals surface area contributed by atoms with Crippen LogP contribution in [0.3, 0.4) is 0 Å². The first kappa shape index (κ1) is 22.6. The van der Waals surface area contributed by atoms with Gasteiger partial charge in [-0.3, -0.25) is 10.1 Å². The van der Waals surface area contributed by atoms with Gasteiger partial charge in [-0.2, -0.15) is 13.2 Å². The third-order valence-corrected chi connectivity index (χ3v) is 4.93. The van der Waals surface area contributed by atoms with Crippen molar-refractivity contribution < 1.29 is 37.1 Å². The number of hydrogen-bond donors (Lipinski definition) is 0. The fourth-order valence-corrected chi connectivity index (χ4v) is 3.50. The maximum absolute atomic E-state index is 13.8. The van der Waals surface area contributed by atoms with E-state index in [1.54, 1.807) is 13.8 Å². The number of benzene rings is 1. The molecule has 2 rings (SSSR count). The zero-order valence-corrected chi connectivity index (χ0v) is 16.5. The molecule has 3 atom stereocenters. The quantitative estimate of drug-likeness (QED) is 0.510. The number of likely N-dealkylation sites (tertiary alicyclic amines) is 1. The van der Waals surface area contributed by atoms with E-state index in [-0.39, 0.29) is 23.6 Å². The van der Waals surface area contributed by atoms with Gasteiger partial charge in [0.05, 0.1) is 30.8 Å².